The molecule has 8 rings (SSSR count). The lowest BCUT2D eigenvalue weighted by Gasteiger charge is -2.69. The van der Waals surface area contributed by atoms with Gasteiger partial charge in [-0.3, -0.25) is 4.79 Å². The van der Waals surface area contributed by atoms with Crippen LogP contribution in [-0.2, 0) is 42.7 Å². The molecule has 4 aliphatic carbocycles. The van der Waals surface area contributed by atoms with Gasteiger partial charge in [0, 0.05) is 18.3 Å². The van der Waals surface area contributed by atoms with Gasteiger partial charge in [0.2, 0.25) is 0 Å². The van der Waals surface area contributed by atoms with Crippen molar-refractivity contribution in [3.63, 3.8) is 0 Å². The Morgan fingerprint density at radius 1 is 0.653 bits per heavy atom. The first-order chi connectivity index (χ1) is 35.1. The summed E-state index contributed by atoms with van der Waals surface area (Å²) in [6.07, 6.45) is -23.1. The van der Waals surface area contributed by atoms with Crippen LogP contribution in [0.25, 0.3) is 0 Å². The number of allylic oxidation sites excluding steroid dienone is 2. The molecule has 8 aliphatic rings. The van der Waals surface area contributed by atoms with E-state index < -0.39 is 164 Å². The third kappa shape index (κ3) is 10.5. The minimum absolute atomic E-state index is 0.00406. The first-order valence-corrected chi connectivity index (χ1v) is 27.2. The SMILES string of the molecule is CC(C)=CCCC(O)(COC1OC(CO)C(O)C(O)C1O)C1CCC2(C)C1C(=O)CC1C3(C)CCC(OC4OCC(O)C(OC5OC(CO)C(O)C(O)C5O)C4OC4OC(C)C(O)C(O)C4O)C(C)(C)C3CCC12C. The standard InChI is InChI=1S/C53H88O22/c1-23(2)10-9-14-53(67,22-69-45-40(64)38(62)35(59)28(19-54)71-45)25-11-16-52(8)33(25)26(56)18-31-50(6)15-13-32(49(4,5)30(50)12-17-51(31,52)7)73-48-44(75-46-41(65)37(61)34(58)24(3)70-46)43(27(57)21-68-48)74-47-42(66)39(63)36(60)29(20-55)72-47/h10,24-25,27-48,54-55,57-67H,9,11-22H2,1-8H3. The molecule has 0 bridgehead atoms. The number of carbonyl (C=O) groups is 1. The average molecular weight is 1080 g/mol. The van der Waals surface area contributed by atoms with E-state index >= 15 is 4.79 Å². The predicted octanol–water partition coefficient (Wildman–Crippen LogP) is -1.36. The van der Waals surface area contributed by atoms with E-state index in [9.17, 15) is 66.4 Å². The highest BCUT2D eigenvalue weighted by molar-refractivity contribution is 5.84. The maximum absolute atomic E-state index is 15.2. The molecule has 0 spiro atoms. The second kappa shape index (κ2) is 22.5. The lowest BCUT2D eigenvalue weighted by molar-refractivity contribution is -0.388. The summed E-state index contributed by atoms with van der Waals surface area (Å²) in [5, 5.41) is 140. The lowest BCUT2D eigenvalue weighted by Crippen LogP contribution is -2.67. The summed E-state index contributed by atoms with van der Waals surface area (Å²) < 4.78 is 48.9. The summed E-state index contributed by atoms with van der Waals surface area (Å²) in [6.45, 7) is 14.3. The largest absolute Gasteiger partial charge is 0.394 e. The van der Waals surface area contributed by atoms with Gasteiger partial charge in [-0.1, -0.05) is 46.3 Å². The molecular weight excluding hydrogens is 989 g/mol. The number of aliphatic hydroxyl groups excluding tert-OH is 12. The van der Waals surface area contributed by atoms with Crippen molar-refractivity contribution in [2.45, 2.75) is 242 Å². The zero-order valence-electron chi connectivity index (χ0n) is 44.6. The van der Waals surface area contributed by atoms with Gasteiger partial charge in [-0.25, -0.2) is 0 Å². The highest BCUT2D eigenvalue weighted by atomic mass is 16.8. The second-order valence-electron chi connectivity index (χ2n) is 25.0. The van der Waals surface area contributed by atoms with E-state index in [1.807, 2.05) is 19.9 Å². The number of carbonyl (C=O) groups excluding carboxylic acids is 1. The Labute approximate surface area is 438 Å². The van der Waals surface area contributed by atoms with Crippen molar-refractivity contribution in [2.75, 3.05) is 26.4 Å². The van der Waals surface area contributed by atoms with Gasteiger partial charge in [-0.05, 0) is 106 Å². The van der Waals surface area contributed by atoms with Crippen molar-refractivity contribution in [3.05, 3.63) is 11.6 Å². The van der Waals surface area contributed by atoms with Gasteiger partial charge in [0.05, 0.1) is 44.2 Å². The molecule has 0 aromatic rings. The first kappa shape index (κ1) is 59.7. The van der Waals surface area contributed by atoms with Crippen LogP contribution in [0.1, 0.15) is 113 Å². The molecule has 0 aromatic heterocycles. The molecule has 8 fully saturated rings. The third-order valence-corrected chi connectivity index (χ3v) is 20.2. The summed E-state index contributed by atoms with van der Waals surface area (Å²) in [7, 11) is 0. The number of fused-ring (bicyclic) bond motifs is 5. The molecule has 0 amide bonds. The number of ketones is 1. The van der Waals surface area contributed by atoms with Gasteiger partial charge < -0.3 is 104 Å². The summed E-state index contributed by atoms with van der Waals surface area (Å²) >= 11 is 0. The molecule has 0 radical (unpaired) electrons. The summed E-state index contributed by atoms with van der Waals surface area (Å²) in [4.78, 5) is 15.2. The van der Waals surface area contributed by atoms with Crippen LogP contribution in [0.5, 0.6) is 0 Å². The van der Waals surface area contributed by atoms with Gasteiger partial charge in [0.1, 0.15) is 91.2 Å². The van der Waals surface area contributed by atoms with Crippen molar-refractivity contribution in [1.82, 2.24) is 0 Å². The zero-order chi connectivity index (χ0) is 55.1. The Balaban J connectivity index is 1.03. The monoisotopic (exact) mass is 1080 g/mol. The zero-order valence-corrected chi connectivity index (χ0v) is 44.6. The van der Waals surface area contributed by atoms with Crippen LogP contribution in [0.15, 0.2) is 11.6 Å². The lowest BCUT2D eigenvalue weighted by atomic mass is 9.35. The molecule has 13 N–H and O–H groups in total. The normalized spacial score (nSPS) is 51.8. The van der Waals surface area contributed by atoms with Crippen LogP contribution >= 0.6 is 0 Å². The van der Waals surface area contributed by atoms with Crippen LogP contribution < -0.4 is 0 Å². The number of hydrogen-bond donors (Lipinski definition) is 13. The van der Waals surface area contributed by atoms with E-state index in [0.717, 1.165) is 18.4 Å². The quantitative estimate of drug-likeness (QED) is 0.0666. The van der Waals surface area contributed by atoms with Crippen molar-refractivity contribution in [3.8, 4) is 0 Å². The molecule has 75 heavy (non-hydrogen) atoms. The minimum Gasteiger partial charge on any atom is -0.394 e. The average Bonchev–Trinajstić information content (AvgIpc) is 3.75. The first-order valence-electron chi connectivity index (χ1n) is 27.2. The Morgan fingerprint density at radius 3 is 1.83 bits per heavy atom. The van der Waals surface area contributed by atoms with Crippen LogP contribution in [0.3, 0.4) is 0 Å². The number of hydrogen-bond acceptors (Lipinski definition) is 22. The van der Waals surface area contributed by atoms with E-state index in [1.54, 1.807) is 0 Å². The molecule has 28 unspecified atom stereocenters. The van der Waals surface area contributed by atoms with E-state index in [0.29, 0.717) is 32.1 Å². The highest BCUT2D eigenvalue weighted by Gasteiger charge is 2.72. The molecule has 4 saturated heterocycles. The Hall–Kier alpha value is -1.43. The van der Waals surface area contributed by atoms with Gasteiger partial charge in [-0.15, -0.1) is 0 Å². The van der Waals surface area contributed by atoms with Crippen LogP contribution in [0, 0.1) is 45.3 Å². The highest BCUT2D eigenvalue weighted by Crippen LogP contribution is 2.75. The fraction of sp³-hybridized carbons (Fsp3) is 0.943. The second-order valence-corrected chi connectivity index (χ2v) is 25.0. The molecular formula is C53H88O22. The van der Waals surface area contributed by atoms with Gasteiger partial charge in [-0.2, -0.15) is 0 Å². The molecule has 22 heteroatoms. The van der Waals surface area contributed by atoms with E-state index in [4.69, 9.17) is 37.9 Å². The van der Waals surface area contributed by atoms with Gasteiger partial charge in [0.25, 0.3) is 0 Å². The molecule has 0 aromatic carbocycles. The van der Waals surface area contributed by atoms with E-state index in [1.165, 1.54) is 6.92 Å². The Kier molecular flexibility index (Phi) is 17.9. The van der Waals surface area contributed by atoms with Crippen molar-refractivity contribution in [2.24, 2.45) is 45.3 Å². The summed E-state index contributed by atoms with van der Waals surface area (Å²) in [5.74, 6) is -1.07. The molecule has 4 heterocycles. The number of rotatable bonds is 15. The van der Waals surface area contributed by atoms with Crippen molar-refractivity contribution in [1.29, 1.82) is 0 Å². The van der Waals surface area contributed by atoms with Gasteiger partial charge >= 0.3 is 0 Å². The maximum Gasteiger partial charge on any atom is 0.187 e. The van der Waals surface area contributed by atoms with Crippen LogP contribution in [0.4, 0.5) is 0 Å². The third-order valence-electron chi connectivity index (χ3n) is 20.2. The molecule has 22 nitrogen and oxygen atoms in total. The summed E-state index contributed by atoms with van der Waals surface area (Å²) in [5.41, 5.74) is -2.40. The number of Topliss-reactive ketones (excluding diaryl/α,β-unsaturated/α-hetero) is 1. The van der Waals surface area contributed by atoms with Crippen molar-refractivity contribution < 1.29 is 109 Å². The minimum atomic E-state index is -1.85. The van der Waals surface area contributed by atoms with Gasteiger partial charge in [0.15, 0.2) is 25.2 Å². The molecule has 28 atom stereocenters. The molecule has 4 aliphatic heterocycles. The smallest absolute Gasteiger partial charge is 0.187 e. The Morgan fingerprint density at radius 2 is 1.21 bits per heavy atom. The molecule has 4 saturated carbocycles. The van der Waals surface area contributed by atoms with E-state index in [2.05, 4.69) is 34.6 Å². The fourth-order valence-corrected chi connectivity index (χ4v) is 15.6. The number of ether oxygens (including phenoxy) is 8. The van der Waals surface area contributed by atoms with Crippen LogP contribution in [-0.4, -0.2) is 227 Å². The maximum atomic E-state index is 15.2. The number of aliphatic hydroxyl groups is 13. The van der Waals surface area contributed by atoms with E-state index in [-0.39, 0.29) is 54.5 Å². The molecule has 432 valence electrons. The van der Waals surface area contributed by atoms with Crippen LogP contribution in [0.2, 0.25) is 0 Å². The fourth-order valence-electron chi connectivity index (χ4n) is 15.6. The van der Waals surface area contributed by atoms with Crippen molar-refractivity contribution >= 4 is 5.78 Å². The summed E-state index contributed by atoms with van der Waals surface area (Å²) in [6, 6.07) is 0. The Bertz CT molecular complexity index is 1990. The predicted molar refractivity (Wildman–Crippen MR) is 259 cm³/mol. The topological polar surface area (TPSA) is 354 Å².